The lowest BCUT2D eigenvalue weighted by Gasteiger charge is -2.20. The maximum absolute atomic E-state index is 8.68. The number of likely N-dealkylation sites (tertiary alicyclic amines) is 1. The largest absolute Gasteiger partial charge is 0.273 e. The molecule has 2 atom stereocenters. The number of hydrogen-bond acceptors (Lipinski definition) is 3. The zero-order chi connectivity index (χ0) is 8.27. The third-order valence-corrected chi connectivity index (χ3v) is 2.13. The van der Waals surface area contributed by atoms with Gasteiger partial charge in [0, 0.05) is 6.54 Å². The monoisotopic (exact) mass is 149 g/mol. The smallest absolute Gasteiger partial charge is 0.0988 e. The van der Waals surface area contributed by atoms with Crippen LogP contribution < -0.4 is 0 Å². The summed E-state index contributed by atoms with van der Waals surface area (Å²) in [5.41, 5.74) is 0. The van der Waals surface area contributed by atoms with Gasteiger partial charge in [-0.1, -0.05) is 0 Å². The van der Waals surface area contributed by atoms with Crippen LogP contribution in [-0.2, 0) is 0 Å². The molecule has 0 radical (unpaired) electrons. The molecule has 58 valence electrons. The van der Waals surface area contributed by atoms with Crippen molar-refractivity contribution in [1.29, 1.82) is 10.5 Å². The average molecular weight is 149 g/mol. The second-order valence-corrected chi connectivity index (χ2v) is 2.83. The third kappa shape index (κ3) is 1.50. The van der Waals surface area contributed by atoms with Crippen LogP contribution in [0.1, 0.15) is 19.8 Å². The molecule has 0 spiro atoms. The summed E-state index contributed by atoms with van der Waals surface area (Å²) in [4.78, 5) is 1.96. The van der Waals surface area contributed by atoms with Gasteiger partial charge in [0.25, 0.3) is 0 Å². The van der Waals surface area contributed by atoms with Gasteiger partial charge in [0.1, 0.15) is 0 Å². The first-order valence-electron chi connectivity index (χ1n) is 3.84. The summed E-state index contributed by atoms with van der Waals surface area (Å²) >= 11 is 0. The molecule has 1 aliphatic heterocycles. The summed E-state index contributed by atoms with van der Waals surface area (Å²) in [5, 5.41) is 17.3. The fourth-order valence-electron chi connectivity index (χ4n) is 1.47. The summed E-state index contributed by atoms with van der Waals surface area (Å²) in [6, 6.07) is 4.22. The fraction of sp³-hybridized carbons (Fsp3) is 0.750. The Morgan fingerprint density at radius 3 is 2.82 bits per heavy atom. The van der Waals surface area contributed by atoms with Gasteiger partial charge in [-0.15, -0.1) is 0 Å². The third-order valence-electron chi connectivity index (χ3n) is 2.13. The van der Waals surface area contributed by atoms with Gasteiger partial charge in [0.2, 0.25) is 0 Å². The van der Waals surface area contributed by atoms with E-state index in [1.807, 2.05) is 11.8 Å². The van der Waals surface area contributed by atoms with E-state index >= 15 is 0 Å². The van der Waals surface area contributed by atoms with Crippen LogP contribution in [0.3, 0.4) is 0 Å². The van der Waals surface area contributed by atoms with E-state index in [0.29, 0.717) is 0 Å². The minimum absolute atomic E-state index is 0.0235. The Kier molecular flexibility index (Phi) is 2.46. The average Bonchev–Trinajstić information content (AvgIpc) is 2.50. The number of nitrogens with zero attached hydrogens (tertiary/aromatic N) is 3. The van der Waals surface area contributed by atoms with E-state index in [-0.39, 0.29) is 12.1 Å². The van der Waals surface area contributed by atoms with E-state index in [1.54, 1.807) is 0 Å². The predicted molar refractivity (Wildman–Crippen MR) is 40.4 cm³/mol. The highest BCUT2D eigenvalue weighted by molar-refractivity contribution is 5.02. The van der Waals surface area contributed by atoms with Crippen LogP contribution in [0.15, 0.2) is 0 Å². The van der Waals surface area contributed by atoms with Crippen LogP contribution in [0.25, 0.3) is 0 Å². The topological polar surface area (TPSA) is 50.8 Å². The molecule has 0 amide bonds. The summed E-state index contributed by atoms with van der Waals surface area (Å²) in [6.45, 7) is 2.74. The Bertz CT molecular complexity index is 210. The van der Waals surface area contributed by atoms with Crippen molar-refractivity contribution in [2.24, 2.45) is 0 Å². The molecule has 1 rings (SSSR count). The molecule has 0 aromatic heterocycles. The van der Waals surface area contributed by atoms with E-state index in [4.69, 9.17) is 10.5 Å². The first-order valence-corrected chi connectivity index (χ1v) is 3.84. The van der Waals surface area contributed by atoms with Crippen LogP contribution in [-0.4, -0.2) is 23.5 Å². The van der Waals surface area contributed by atoms with E-state index in [2.05, 4.69) is 12.1 Å². The van der Waals surface area contributed by atoms with Gasteiger partial charge in [-0.3, -0.25) is 4.90 Å². The van der Waals surface area contributed by atoms with E-state index < -0.39 is 0 Å². The summed E-state index contributed by atoms with van der Waals surface area (Å²) < 4.78 is 0. The van der Waals surface area contributed by atoms with Crippen molar-refractivity contribution in [3.63, 3.8) is 0 Å². The molecule has 3 nitrogen and oxygen atoms in total. The van der Waals surface area contributed by atoms with Gasteiger partial charge < -0.3 is 0 Å². The van der Waals surface area contributed by atoms with Crippen LogP contribution in [0, 0.1) is 22.7 Å². The van der Waals surface area contributed by atoms with Gasteiger partial charge >= 0.3 is 0 Å². The normalized spacial score (nSPS) is 27.4. The molecule has 0 N–H and O–H groups in total. The second kappa shape index (κ2) is 3.37. The standard InChI is InChI=1S/C8H11N3/c1-7(5-9)11-4-2-3-8(11)6-10/h7-8H,2-4H2,1H3. The second-order valence-electron chi connectivity index (χ2n) is 2.83. The van der Waals surface area contributed by atoms with Gasteiger partial charge in [0.05, 0.1) is 24.2 Å². The molecule has 3 heteroatoms. The zero-order valence-electron chi connectivity index (χ0n) is 6.62. The Labute approximate surface area is 66.8 Å². The van der Waals surface area contributed by atoms with Crippen molar-refractivity contribution in [2.75, 3.05) is 6.54 Å². The Hall–Kier alpha value is -1.06. The van der Waals surface area contributed by atoms with Crippen molar-refractivity contribution in [2.45, 2.75) is 31.8 Å². The van der Waals surface area contributed by atoms with E-state index in [9.17, 15) is 0 Å². The molecule has 11 heavy (non-hydrogen) atoms. The van der Waals surface area contributed by atoms with Crippen molar-refractivity contribution in [3.05, 3.63) is 0 Å². The lowest BCUT2D eigenvalue weighted by Crippen LogP contribution is -2.35. The zero-order valence-corrected chi connectivity index (χ0v) is 6.62. The molecule has 1 heterocycles. The van der Waals surface area contributed by atoms with Crippen molar-refractivity contribution in [1.82, 2.24) is 4.90 Å². The summed E-state index contributed by atoms with van der Waals surface area (Å²) in [5.74, 6) is 0. The molecular weight excluding hydrogens is 138 g/mol. The fourth-order valence-corrected chi connectivity index (χ4v) is 1.47. The maximum Gasteiger partial charge on any atom is 0.0988 e. The molecule has 1 fully saturated rings. The van der Waals surface area contributed by atoms with Crippen LogP contribution >= 0.6 is 0 Å². The lowest BCUT2D eigenvalue weighted by molar-refractivity contribution is 0.264. The predicted octanol–water partition coefficient (Wildman–Crippen LogP) is 0.886. The quantitative estimate of drug-likeness (QED) is 0.556. The molecule has 0 aromatic rings. The molecule has 0 saturated carbocycles. The first-order chi connectivity index (χ1) is 5.29. The van der Waals surface area contributed by atoms with Gasteiger partial charge in [0.15, 0.2) is 0 Å². The Morgan fingerprint density at radius 1 is 1.55 bits per heavy atom. The van der Waals surface area contributed by atoms with E-state index in [1.165, 1.54) is 0 Å². The minimum Gasteiger partial charge on any atom is -0.273 e. The van der Waals surface area contributed by atoms with Gasteiger partial charge in [-0.05, 0) is 19.8 Å². The molecule has 0 aliphatic carbocycles. The summed E-state index contributed by atoms with van der Waals surface area (Å²) in [7, 11) is 0. The Morgan fingerprint density at radius 2 is 2.27 bits per heavy atom. The summed E-state index contributed by atoms with van der Waals surface area (Å²) in [6.07, 6.45) is 1.97. The molecule has 0 bridgehead atoms. The highest BCUT2D eigenvalue weighted by atomic mass is 15.2. The van der Waals surface area contributed by atoms with Crippen molar-refractivity contribution in [3.8, 4) is 12.1 Å². The Balaban J connectivity index is 2.59. The number of rotatable bonds is 1. The first kappa shape index (κ1) is 8.04. The SMILES string of the molecule is CC(C#N)N1CCCC1C#N. The van der Waals surface area contributed by atoms with Crippen LogP contribution in [0.5, 0.6) is 0 Å². The van der Waals surface area contributed by atoms with Crippen LogP contribution in [0.2, 0.25) is 0 Å². The molecule has 1 aliphatic rings. The van der Waals surface area contributed by atoms with Crippen molar-refractivity contribution < 1.29 is 0 Å². The minimum atomic E-state index is -0.109. The van der Waals surface area contributed by atoms with Gasteiger partial charge in [-0.25, -0.2) is 0 Å². The van der Waals surface area contributed by atoms with Gasteiger partial charge in [-0.2, -0.15) is 10.5 Å². The maximum atomic E-state index is 8.68. The number of nitriles is 2. The highest BCUT2D eigenvalue weighted by Gasteiger charge is 2.27. The molecule has 0 aromatic carbocycles. The van der Waals surface area contributed by atoms with Crippen LogP contribution in [0.4, 0.5) is 0 Å². The number of hydrogen-bond donors (Lipinski definition) is 0. The van der Waals surface area contributed by atoms with E-state index in [0.717, 1.165) is 19.4 Å². The van der Waals surface area contributed by atoms with Crippen molar-refractivity contribution >= 4 is 0 Å². The molecular formula is C8H11N3. The highest BCUT2D eigenvalue weighted by Crippen LogP contribution is 2.18. The molecule has 2 unspecified atom stereocenters. The molecule has 1 saturated heterocycles. The lowest BCUT2D eigenvalue weighted by atomic mass is 10.2.